The lowest BCUT2D eigenvalue weighted by Gasteiger charge is -2.26. The summed E-state index contributed by atoms with van der Waals surface area (Å²) in [5, 5.41) is 0. The first-order valence-corrected chi connectivity index (χ1v) is 12.4. The van der Waals surface area contributed by atoms with Crippen molar-refractivity contribution in [1.29, 1.82) is 0 Å². The van der Waals surface area contributed by atoms with Crippen LogP contribution < -0.4 is 4.74 Å². The molecular formula is C26H31IO4. The molecule has 4 nitrogen and oxygen atoms in total. The van der Waals surface area contributed by atoms with Gasteiger partial charge < -0.3 is 14.2 Å². The van der Waals surface area contributed by atoms with Crippen molar-refractivity contribution in [3.05, 3.63) is 50.1 Å². The van der Waals surface area contributed by atoms with Crippen LogP contribution in [0.15, 0.2) is 24.3 Å². The van der Waals surface area contributed by atoms with Crippen LogP contribution in [0.3, 0.4) is 0 Å². The van der Waals surface area contributed by atoms with Gasteiger partial charge in [0.15, 0.2) is 6.10 Å². The van der Waals surface area contributed by atoms with Crippen LogP contribution in [0.4, 0.5) is 0 Å². The van der Waals surface area contributed by atoms with Gasteiger partial charge in [-0.05, 0) is 114 Å². The second-order valence-corrected chi connectivity index (χ2v) is 9.72. The summed E-state index contributed by atoms with van der Waals surface area (Å²) in [6, 6.07) is 8.69. The number of carbonyl (C=O) groups excluding carboxylic acids is 1. The molecule has 0 aromatic heterocycles. The normalized spacial score (nSPS) is 16.4. The highest BCUT2D eigenvalue weighted by molar-refractivity contribution is 14.1. The lowest BCUT2D eigenvalue weighted by Crippen LogP contribution is -2.21. The molecule has 0 radical (unpaired) electrons. The molecule has 0 saturated heterocycles. The minimum atomic E-state index is -0.715. The van der Waals surface area contributed by atoms with E-state index in [1.807, 2.05) is 0 Å². The molecule has 31 heavy (non-hydrogen) atoms. The highest BCUT2D eigenvalue weighted by Crippen LogP contribution is 2.50. The Bertz CT molecular complexity index is 964. The molecule has 166 valence electrons. The molecule has 2 aromatic rings. The first-order chi connectivity index (χ1) is 15.0. The van der Waals surface area contributed by atoms with Crippen LogP contribution in [0.2, 0.25) is 0 Å². The van der Waals surface area contributed by atoms with Crippen LogP contribution in [-0.4, -0.2) is 26.3 Å². The molecule has 0 bridgehead atoms. The van der Waals surface area contributed by atoms with E-state index in [1.54, 1.807) is 0 Å². The first kappa shape index (κ1) is 22.6. The highest BCUT2D eigenvalue weighted by atomic mass is 127. The number of aryl methyl sites for hydroxylation is 2. The van der Waals surface area contributed by atoms with Crippen LogP contribution >= 0.6 is 22.6 Å². The van der Waals surface area contributed by atoms with Gasteiger partial charge in [-0.1, -0.05) is 19.4 Å². The summed E-state index contributed by atoms with van der Waals surface area (Å²) in [5.41, 5.74) is 6.94. The van der Waals surface area contributed by atoms with Gasteiger partial charge in [-0.25, -0.2) is 4.79 Å². The van der Waals surface area contributed by atoms with Gasteiger partial charge in [0.25, 0.3) is 0 Å². The van der Waals surface area contributed by atoms with E-state index in [9.17, 15) is 4.79 Å². The number of methoxy groups -OCH3 is 1. The molecule has 1 heterocycles. The van der Waals surface area contributed by atoms with Crippen molar-refractivity contribution in [3.8, 4) is 16.9 Å². The maximum Gasteiger partial charge on any atom is 0.339 e. The molecule has 5 heteroatoms. The average Bonchev–Trinajstić information content (AvgIpc) is 3.61. The van der Waals surface area contributed by atoms with Gasteiger partial charge in [0, 0.05) is 15.7 Å². The van der Waals surface area contributed by atoms with Gasteiger partial charge in [-0.15, -0.1) is 0 Å². The molecule has 0 amide bonds. The summed E-state index contributed by atoms with van der Waals surface area (Å²) in [6.07, 6.45) is 5.66. The Kier molecular flexibility index (Phi) is 7.22. The molecule has 1 aliphatic heterocycles. The van der Waals surface area contributed by atoms with Crippen molar-refractivity contribution in [3.63, 3.8) is 0 Å². The Hall–Kier alpha value is -1.60. The molecule has 1 unspecified atom stereocenters. The Balaban J connectivity index is 1.90. The van der Waals surface area contributed by atoms with Gasteiger partial charge in [-0.2, -0.15) is 0 Å². The minimum Gasteiger partial charge on any atom is -0.493 e. The summed E-state index contributed by atoms with van der Waals surface area (Å²) in [7, 11) is 1.44. The number of benzene rings is 2. The predicted octanol–water partition coefficient (Wildman–Crippen LogP) is 6.50. The number of fused-ring (bicyclic) bond motifs is 1. The van der Waals surface area contributed by atoms with Crippen molar-refractivity contribution in [2.24, 2.45) is 0 Å². The maximum atomic E-state index is 12.9. The topological polar surface area (TPSA) is 44.8 Å². The fourth-order valence-electron chi connectivity index (χ4n) is 4.46. The van der Waals surface area contributed by atoms with E-state index in [2.05, 4.69) is 60.7 Å². The average molecular weight is 534 g/mol. The van der Waals surface area contributed by atoms with Gasteiger partial charge in [0.1, 0.15) is 5.75 Å². The standard InChI is InChI=1S/C26H31IO4/c1-4-5-12-31-25(26(28)29-3)22-16(2)14-20(27)23(17-8-9-17)24(22)19-10-11-21-18(15-19)7-6-13-30-21/h10-11,14-15,17,25H,4-9,12-13H2,1-3H3. The first-order valence-electron chi connectivity index (χ1n) is 11.3. The van der Waals surface area contributed by atoms with E-state index < -0.39 is 6.10 Å². The van der Waals surface area contributed by atoms with Crippen molar-refractivity contribution in [2.75, 3.05) is 20.3 Å². The van der Waals surface area contributed by atoms with Crippen LogP contribution in [0, 0.1) is 10.5 Å². The Morgan fingerprint density at radius 2 is 2.10 bits per heavy atom. The van der Waals surface area contributed by atoms with E-state index in [0.717, 1.165) is 60.3 Å². The zero-order valence-electron chi connectivity index (χ0n) is 18.6. The molecule has 2 aliphatic rings. The predicted molar refractivity (Wildman–Crippen MR) is 131 cm³/mol. The van der Waals surface area contributed by atoms with Crippen LogP contribution in [0.25, 0.3) is 11.1 Å². The van der Waals surface area contributed by atoms with Gasteiger partial charge in [-0.3, -0.25) is 0 Å². The zero-order chi connectivity index (χ0) is 22.0. The zero-order valence-corrected chi connectivity index (χ0v) is 20.8. The highest BCUT2D eigenvalue weighted by Gasteiger charge is 2.35. The van der Waals surface area contributed by atoms with Crippen molar-refractivity contribution >= 4 is 28.6 Å². The smallest absolute Gasteiger partial charge is 0.339 e. The summed E-state index contributed by atoms with van der Waals surface area (Å²) >= 11 is 2.46. The van der Waals surface area contributed by atoms with E-state index in [1.165, 1.54) is 34.6 Å². The molecule has 2 aromatic carbocycles. The molecule has 0 N–H and O–H groups in total. The van der Waals surface area contributed by atoms with Crippen LogP contribution in [0.5, 0.6) is 5.75 Å². The third-order valence-electron chi connectivity index (χ3n) is 6.21. The Morgan fingerprint density at radius 3 is 2.81 bits per heavy atom. The summed E-state index contributed by atoms with van der Waals surface area (Å²) < 4.78 is 18.5. The third kappa shape index (κ3) is 4.77. The van der Waals surface area contributed by atoms with Gasteiger partial charge in [0.05, 0.1) is 13.7 Å². The van der Waals surface area contributed by atoms with Crippen molar-refractivity contribution < 1.29 is 19.0 Å². The fraction of sp³-hybridized carbons (Fsp3) is 0.500. The SMILES string of the molecule is CCCCOC(C(=O)OC)c1c(C)cc(I)c(C2CC2)c1-c1ccc2c(c1)CCCO2. The Morgan fingerprint density at radius 1 is 1.29 bits per heavy atom. The largest absolute Gasteiger partial charge is 0.493 e. The lowest BCUT2D eigenvalue weighted by molar-refractivity contribution is -0.154. The van der Waals surface area contributed by atoms with E-state index in [-0.39, 0.29) is 5.97 Å². The van der Waals surface area contributed by atoms with Crippen LogP contribution in [-0.2, 0) is 20.7 Å². The summed E-state index contributed by atoms with van der Waals surface area (Å²) in [4.78, 5) is 12.9. The number of halogens is 1. The number of carbonyl (C=O) groups is 1. The lowest BCUT2D eigenvalue weighted by atomic mass is 9.85. The molecule has 4 rings (SSSR count). The van der Waals surface area contributed by atoms with E-state index in [0.29, 0.717) is 12.5 Å². The number of rotatable bonds is 8. The number of hydrogen-bond acceptors (Lipinski definition) is 4. The third-order valence-corrected chi connectivity index (χ3v) is 7.10. The van der Waals surface area contributed by atoms with E-state index >= 15 is 0 Å². The van der Waals surface area contributed by atoms with Crippen molar-refractivity contribution in [2.45, 2.75) is 64.4 Å². The molecular weight excluding hydrogens is 503 g/mol. The molecule has 1 atom stereocenters. The van der Waals surface area contributed by atoms with Crippen LogP contribution in [0.1, 0.15) is 73.3 Å². The maximum absolute atomic E-state index is 12.9. The second kappa shape index (κ2) is 9.90. The van der Waals surface area contributed by atoms with Gasteiger partial charge in [0.2, 0.25) is 0 Å². The quantitative estimate of drug-likeness (QED) is 0.220. The monoisotopic (exact) mass is 534 g/mol. The van der Waals surface area contributed by atoms with Gasteiger partial charge >= 0.3 is 5.97 Å². The number of esters is 1. The summed E-state index contributed by atoms with van der Waals surface area (Å²) in [5.74, 6) is 1.20. The minimum absolute atomic E-state index is 0.329. The van der Waals surface area contributed by atoms with Crippen molar-refractivity contribution in [1.82, 2.24) is 0 Å². The molecule has 0 spiro atoms. The number of unbranched alkanes of at least 4 members (excludes halogenated alkanes) is 1. The number of hydrogen-bond donors (Lipinski definition) is 0. The number of ether oxygens (including phenoxy) is 3. The molecule has 1 fully saturated rings. The molecule has 1 aliphatic carbocycles. The van der Waals surface area contributed by atoms with E-state index in [4.69, 9.17) is 14.2 Å². The second-order valence-electron chi connectivity index (χ2n) is 8.55. The molecule has 1 saturated carbocycles. The Labute approximate surface area is 198 Å². The summed E-state index contributed by atoms with van der Waals surface area (Å²) in [6.45, 7) is 5.53. The fourth-order valence-corrected chi connectivity index (χ4v) is 5.64.